The molecule has 26 heavy (non-hydrogen) atoms. The second kappa shape index (κ2) is 8.19. The van der Waals surface area contributed by atoms with Gasteiger partial charge in [-0.1, -0.05) is 18.2 Å². The fraction of sp³-hybridized carbons (Fsp3) is 0.263. The van der Waals surface area contributed by atoms with Crippen LogP contribution in [0, 0.1) is 12.7 Å². The fourth-order valence-electron chi connectivity index (χ4n) is 2.95. The Kier molecular flexibility index (Phi) is 6.21. The summed E-state index contributed by atoms with van der Waals surface area (Å²) >= 11 is 0. The minimum atomic E-state index is -0.323. The molecule has 138 valence electrons. The predicted molar refractivity (Wildman–Crippen MR) is 101 cm³/mol. The highest BCUT2D eigenvalue weighted by atomic mass is 35.5. The number of carbonyl (C=O) groups is 2. The SMILES string of the molecule is Cc1ccc(N)cc1C(=O)N1CCN(Cc2cccc(F)c2)C(=O)C1.Cl. The quantitative estimate of drug-likeness (QED) is 0.836. The number of halogens is 2. The number of nitrogens with zero attached hydrogens (tertiary/aromatic N) is 2. The molecule has 0 bridgehead atoms. The maximum Gasteiger partial charge on any atom is 0.254 e. The van der Waals surface area contributed by atoms with E-state index in [0.29, 0.717) is 30.9 Å². The first-order valence-corrected chi connectivity index (χ1v) is 8.11. The minimum absolute atomic E-state index is 0. The number of nitrogens with two attached hydrogens (primary N) is 1. The van der Waals surface area contributed by atoms with Crippen molar-refractivity contribution in [1.82, 2.24) is 9.80 Å². The summed E-state index contributed by atoms with van der Waals surface area (Å²) < 4.78 is 13.3. The standard InChI is InChI=1S/C19H20FN3O2.ClH/c1-13-5-6-16(21)10-17(13)19(25)23-8-7-22(18(24)12-23)11-14-3-2-4-15(20)9-14;/h2-6,9-10H,7-8,11-12,21H2,1H3;1H. The molecule has 0 saturated carbocycles. The summed E-state index contributed by atoms with van der Waals surface area (Å²) in [5.41, 5.74) is 8.37. The van der Waals surface area contributed by atoms with Gasteiger partial charge in [-0.15, -0.1) is 12.4 Å². The van der Waals surface area contributed by atoms with Crippen LogP contribution in [0.15, 0.2) is 42.5 Å². The summed E-state index contributed by atoms with van der Waals surface area (Å²) in [7, 11) is 0. The molecule has 0 aromatic heterocycles. The number of aryl methyl sites for hydroxylation is 1. The lowest BCUT2D eigenvalue weighted by atomic mass is 10.1. The lowest BCUT2D eigenvalue weighted by Crippen LogP contribution is -2.51. The van der Waals surface area contributed by atoms with Crippen LogP contribution in [0.2, 0.25) is 0 Å². The number of piperazine rings is 1. The van der Waals surface area contributed by atoms with E-state index in [0.717, 1.165) is 11.1 Å². The van der Waals surface area contributed by atoms with Gasteiger partial charge in [0.2, 0.25) is 5.91 Å². The van der Waals surface area contributed by atoms with Crippen LogP contribution < -0.4 is 5.73 Å². The van der Waals surface area contributed by atoms with Gasteiger partial charge in [0.25, 0.3) is 5.91 Å². The van der Waals surface area contributed by atoms with Gasteiger partial charge in [-0.2, -0.15) is 0 Å². The fourth-order valence-corrected chi connectivity index (χ4v) is 2.95. The van der Waals surface area contributed by atoms with Gasteiger partial charge < -0.3 is 15.5 Å². The molecule has 2 aromatic carbocycles. The van der Waals surface area contributed by atoms with E-state index >= 15 is 0 Å². The second-order valence-corrected chi connectivity index (χ2v) is 6.25. The Hall–Kier alpha value is -2.60. The number of hydrogen-bond donors (Lipinski definition) is 1. The third kappa shape index (κ3) is 4.32. The Balaban J connectivity index is 0.00000243. The Morgan fingerprint density at radius 2 is 1.96 bits per heavy atom. The summed E-state index contributed by atoms with van der Waals surface area (Å²) in [5.74, 6) is -0.662. The van der Waals surface area contributed by atoms with Gasteiger partial charge in [0, 0.05) is 30.9 Å². The van der Waals surface area contributed by atoms with Crippen LogP contribution in [0.3, 0.4) is 0 Å². The van der Waals surface area contributed by atoms with E-state index < -0.39 is 0 Å². The molecular formula is C19H21ClFN3O2. The first kappa shape index (κ1) is 19.7. The van der Waals surface area contributed by atoms with Crippen molar-refractivity contribution in [2.45, 2.75) is 13.5 Å². The van der Waals surface area contributed by atoms with E-state index in [9.17, 15) is 14.0 Å². The molecule has 1 heterocycles. The Morgan fingerprint density at radius 1 is 1.19 bits per heavy atom. The third-order valence-corrected chi connectivity index (χ3v) is 4.36. The maximum atomic E-state index is 13.3. The highest BCUT2D eigenvalue weighted by Crippen LogP contribution is 2.17. The number of hydrogen-bond acceptors (Lipinski definition) is 3. The first-order chi connectivity index (χ1) is 11.9. The molecule has 2 aromatic rings. The van der Waals surface area contributed by atoms with Crippen LogP contribution in [0.4, 0.5) is 10.1 Å². The molecule has 1 aliphatic heterocycles. The van der Waals surface area contributed by atoms with E-state index in [2.05, 4.69) is 0 Å². The molecule has 0 unspecified atom stereocenters. The molecule has 2 amide bonds. The van der Waals surface area contributed by atoms with Gasteiger partial charge in [0.05, 0.1) is 0 Å². The molecule has 1 aliphatic rings. The molecule has 7 heteroatoms. The molecule has 0 spiro atoms. The topological polar surface area (TPSA) is 66.6 Å². The zero-order valence-electron chi connectivity index (χ0n) is 14.4. The van der Waals surface area contributed by atoms with Gasteiger partial charge in [0.1, 0.15) is 12.4 Å². The van der Waals surface area contributed by atoms with Gasteiger partial charge in [-0.3, -0.25) is 9.59 Å². The Bertz CT molecular complexity index is 828. The molecule has 1 saturated heterocycles. The van der Waals surface area contributed by atoms with Crippen LogP contribution in [-0.4, -0.2) is 41.2 Å². The summed E-state index contributed by atoms with van der Waals surface area (Å²) in [6.07, 6.45) is 0. The average molecular weight is 378 g/mol. The molecule has 5 nitrogen and oxygen atoms in total. The summed E-state index contributed by atoms with van der Waals surface area (Å²) in [4.78, 5) is 28.3. The number of rotatable bonds is 3. The maximum absolute atomic E-state index is 13.3. The van der Waals surface area contributed by atoms with E-state index in [4.69, 9.17) is 5.73 Å². The largest absolute Gasteiger partial charge is 0.399 e. The average Bonchev–Trinajstić information content (AvgIpc) is 2.58. The van der Waals surface area contributed by atoms with Crippen molar-refractivity contribution < 1.29 is 14.0 Å². The van der Waals surface area contributed by atoms with Crippen LogP contribution in [0.25, 0.3) is 0 Å². The summed E-state index contributed by atoms with van der Waals surface area (Å²) in [5, 5.41) is 0. The van der Waals surface area contributed by atoms with Gasteiger partial charge in [0.15, 0.2) is 0 Å². The number of amides is 2. The lowest BCUT2D eigenvalue weighted by molar-refractivity contribution is -0.135. The molecular weight excluding hydrogens is 357 g/mol. The number of nitrogen functional groups attached to an aromatic ring is 1. The van der Waals surface area contributed by atoms with Crippen molar-refractivity contribution in [3.8, 4) is 0 Å². The van der Waals surface area contributed by atoms with Gasteiger partial charge in [-0.25, -0.2) is 4.39 Å². The van der Waals surface area contributed by atoms with Crippen LogP contribution in [0.5, 0.6) is 0 Å². The van der Waals surface area contributed by atoms with Gasteiger partial charge in [-0.05, 0) is 42.3 Å². The minimum Gasteiger partial charge on any atom is -0.399 e. The summed E-state index contributed by atoms with van der Waals surface area (Å²) in [6, 6.07) is 11.4. The van der Waals surface area contributed by atoms with Gasteiger partial charge >= 0.3 is 0 Å². The second-order valence-electron chi connectivity index (χ2n) is 6.25. The van der Waals surface area contributed by atoms with Crippen LogP contribution in [0.1, 0.15) is 21.5 Å². The molecule has 3 rings (SSSR count). The molecule has 0 radical (unpaired) electrons. The van der Waals surface area contributed by atoms with Crippen LogP contribution >= 0.6 is 12.4 Å². The molecule has 2 N–H and O–H groups in total. The van der Waals surface area contributed by atoms with Crippen molar-refractivity contribution in [3.05, 3.63) is 65.0 Å². The summed E-state index contributed by atoms with van der Waals surface area (Å²) in [6.45, 7) is 3.06. The normalized spacial score (nSPS) is 14.2. The monoisotopic (exact) mass is 377 g/mol. The van der Waals surface area contributed by atoms with E-state index in [-0.39, 0.29) is 36.6 Å². The lowest BCUT2D eigenvalue weighted by Gasteiger charge is -2.34. The highest BCUT2D eigenvalue weighted by molar-refractivity contribution is 5.98. The van der Waals surface area contributed by atoms with Crippen molar-refractivity contribution in [2.75, 3.05) is 25.4 Å². The number of anilines is 1. The predicted octanol–water partition coefficient (Wildman–Crippen LogP) is 2.62. The van der Waals surface area contributed by atoms with Crippen molar-refractivity contribution in [2.24, 2.45) is 0 Å². The molecule has 0 aliphatic carbocycles. The first-order valence-electron chi connectivity index (χ1n) is 8.11. The van der Waals surface area contributed by atoms with Crippen molar-refractivity contribution in [3.63, 3.8) is 0 Å². The Labute approximate surface area is 158 Å². The van der Waals surface area contributed by atoms with E-state index in [1.807, 2.05) is 6.92 Å². The number of carbonyl (C=O) groups excluding carboxylic acids is 2. The molecule has 1 fully saturated rings. The van der Waals surface area contributed by atoms with Crippen molar-refractivity contribution >= 4 is 29.9 Å². The smallest absolute Gasteiger partial charge is 0.254 e. The van der Waals surface area contributed by atoms with Crippen molar-refractivity contribution in [1.29, 1.82) is 0 Å². The van der Waals surface area contributed by atoms with Crippen LogP contribution in [-0.2, 0) is 11.3 Å². The number of benzene rings is 2. The zero-order valence-corrected chi connectivity index (χ0v) is 15.3. The Morgan fingerprint density at radius 3 is 2.65 bits per heavy atom. The molecule has 0 atom stereocenters. The third-order valence-electron chi connectivity index (χ3n) is 4.36. The van der Waals surface area contributed by atoms with E-state index in [1.165, 1.54) is 17.0 Å². The van der Waals surface area contributed by atoms with E-state index in [1.54, 1.807) is 35.2 Å². The zero-order chi connectivity index (χ0) is 18.0. The highest BCUT2D eigenvalue weighted by Gasteiger charge is 2.28.